The molecule has 0 atom stereocenters. The number of amidine groups is 2. The van der Waals surface area contributed by atoms with E-state index in [1.165, 1.54) is 0 Å². The Labute approximate surface area is 157 Å². The predicted octanol–water partition coefficient (Wildman–Crippen LogP) is 0.755. The lowest BCUT2D eigenvalue weighted by molar-refractivity contribution is -0.539. The lowest BCUT2D eigenvalue weighted by Crippen LogP contribution is -2.53. The average molecular weight is 379 g/mol. The van der Waals surface area contributed by atoms with Crippen LogP contribution in [0.4, 0.5) is 0 Å². The number of aromatic amines is 1. The third-order valence-electron chi connectivity index (χ3n) is 6.69. The summed E-state index contributed by atoms with van der Waals surface area (Å²) in [5, 5.41) is 58.5. The highest BCUT2D eigenvalue weighted by Gasteiger charge is 2.63. The zero-order valence-corrected chi connectivity index (χ0v) is 16.8. The van der Waals surface area contributed by atoms with E-state index in [4.69, 9.17) is 0 Å². The lowest BCUT2D eigenvalue weighted by Gasteiger charge is -2.32. The first kappa shape index (κ1) is 19.4. The summed E-state index contributed by atoms with van der Waals surface area (Å²) < 4.78 is 1.16. The molecular formula is C16H25N7O4. The van der Waals surface area contributed by atoms with Crippen molar-refractivity contribution in [2.45, 2.75) is 77.5 Å². The van der Waals surface area contributed by atoms with Crippen LogP contribution in [0.25, 0.3) is 0 Å². The molecule has 0 fully saturated rings. The van der Waals surface area contributed by atoms with E-state index in [1.807, 2.05) is 0 Å². The molecule has 2 aliphatic rings. The fourth-order valence-corrected chi connectivity index (χ4v) is 3.05. The van der Waals surface area contributed by atoms with Gasteiger partial charge in [0.1, 0.15) is 11.1 Å². The van der Waals surface area contributed by atoms with Crippen molar-refractivity contribution < 1.29 is 19.9 Å². The van der Waals surface area contributed by atoms with Crippen LogP contribution in [0, 0.1) is 10.4 Å². The van der Waals surface area contributed by atoms with Crippen LogP contribution in [0.5, 0.6) is 0 Å². The molecule has 3 heterocycles. The second-order valence-corrected chi connectivity index (χ2v) is 9.07. The maximum absolute atomic E-state index is 12.7. The molecule has 2 aliphatic heterocycles. The second-order valence-electron chi connectivity index (χ2n) is 9.07. The highest BCUT2D eigenvalue weighted by atomic mass is 16.5. The van der Waals surface area contributed by atoms with E-state index in [1.54, 1.807) is 55.4 Å². The number of H-pyrrole nitrogens is 1. The van der Waals surface area contributed by atoms with Crippen LogP contribution in [-0.4, -0.2) is 68.6 Å². The number of nitrogens with one attached hydrogen (secondary N) is 1. The van der Waals surface area contributed by atoms with Crippen molar-refractivity contribution in [2.24, 2.45) is 0 Å². The van der Waals surface area contributed by atoms with Crippen molar-refractivity contribution in [3.05, 3.63) is 22.1 Å². The largest absolute Gasteiger partial charge is 0.714 e. The van der Waals surface area contributed by atoms with Gasteiger partial charge in [0.15, 0.2) is 11.1 Å². The van der Waals surface area contributed by atoms with Crippen molar-refractivity contribution in [1.82, 2.24) is 25.3 Å². The molecule has 0 saturated carbocycles. The smallest absolute Gasteiger partial charge is 0.356 e. The second kappa shape index (κ2) is 5.10. The third kappa shape index (κ3) is 2.09. The van der Waals surface area contributed by atoms with Crippen molar-refractivity contribution >= 4 is 11.7 Å². The number of aromatic nitrogens is 3. The lowest BCUT2D eigenvalue weighted by atomic mass is 9.84. The summed E-state index contributed by atoms with van der Waals surface area (Å²) >= 11 is 0. The molecule has 0 aromatic carbocycles. The zero-order valence-electron chi connectivity index (χ0n) is 16.8. The quantitative estimate of drug-likeness (QED) is 0.594. The molecule has 0 saturated heterocycles. The summed E-state index contributed by atoms with van der Waals surface area (Å²) in [6.07, 6.45) is 0. The van der Waals surface area contributed by atoms with Crippen molar-refractivity contribution in [2.75, 3.05) is 0 Å². The van der Waals surface area contributed by atoms with Gasteiger partial charge in [-0.15, -0.1) is 5.10 Å². The van der Waals surface area contributed by atoms with Crippen molar-refractivity contribution in [1.29, 1.82) is 0 Å². The van der Waals surface area contributed by atoms with Crippen LogP contribution >= 0.6 is 0 Å². The molecule has 11 nitrogen and oxygen atoms in total. The normalized spacial score (nSPS) is 25.7. The molecule has 148 valence electrons. The monoisotopic (exact) mass is 379 g/mol. The SMILES string of the molecule is CC1(C)N([O])C(c2n[nH]c(C3=[N+]([O-])C(C)(C)C(C)(C)N3[O])n2)=[N+]([O-])C1(C)C. The molecule has 27 heavy (non-hydrogen) atoms. The molecule has 1 aromatic rings. The molecule has 3 rings (SSSR count). The minimum atomic E-state index is -1.02. The molecule has 2 radical (unpaired) electrons. The fourth-order valence-electron chi connectivity index (χ4n) is 3.05. The Balaban J connectivity index is 2.10. The number of nitrogens with zero attached hydrogens (tertiary/aromatic N) is 6. The first-order valence-corrected chi connectivity index (χ1v) is 8.66. The zero-order chi connectivity index (χ0) is 20.7. The minimum Gasteiger partial charge on any atom is -0.714 e. The maximum atomic E-state index is 12.7. The summed E-state index contributed by atoms with van der Waals surface area (Å²) in [4.78, 5) is 4.13. The summed E-state index contributed by atoms with van der Waals surface area (Å²) in [5.74, 6) is -0.758. The summed E-state index contributed by atoms with van der Waals surface area (Å²) in [6, 6.07) is 0. The highest BCUT2D eigenvalue weighted by molar-refractivity contribution is 5.96. The van der Waals surface area contributed by atoms with Gasteiger partial charge in [-0.2, -0.15) is 4.98 Å². The van der Waals surface area contributed by atoms with Gasteiger partial charge in [-0.05, 0) is 55.4 Å². The Morgan fingerprint density at radius 3 is 1.59 bits per heavy atom. The Morgan fingerprint density at radius 2 is 1.22 bits per heavy atom. The molecule has 0 aliphatic carbocycles. The van der Waals surface area contributed by atoms with Crippen LogP contribution in [-0.2, 0) is 10.4 Å². The predicted molar refractivity (Wildman–Crippen MR) is 93.2 cm³/mol. The van der Waals surface area contributed by atoms with Crippen LogP contribution < -0.4 is 0 Å². The van der Waals surface area contributed by atoms with Crippen LogP contribution in [0.3, 0.4) is 0 Å². The van der Waals surface area contributed by atoms with E-state index in [-0.39, 0.29) is 23.3 Å². The van der Waals surface area contributed by atoms with Crippen molar-refractivity contribution in [3.63, 3.8) is 0 Å². The van der Waals surface area contributed by atoms with Gasteiger partial charge in [0, 0.05) is 10.4 Å². The summed E-state index contributed by atoms with van der Waals surface area (Å²) in [7, 11) is 0. The molecule has 1 N–H and O–H groups in total. The topological polar surface area (TPSA) is 140 Å². The molecule has 0 amide bonds. The van der Waals surface area contributed by atoms with Crippen LogP contribution in [0.2, 0.25) is 0 Å². The number of hydroxylamine groups is 6. The van der Waals surface area contributed by atoms with E-state index >= 15 is 0 Å². The number of hydrogen-bond donors (Lipinski definition) is 1. The number of hydrogen-bond acceptors (Lipinski definition) is 6. The molecule has 1 aromatic heterocycles. The summed E-state index contributed by atoms with van der Waals surface area (Å²) in [5.41, 5.74) is -4.08. The van der Waals surface area contributed by atoms with E-state index in [0.29, 0.717) is 19.6 Å². The van der Waals surface area contributed by atoms with Gasteiger partial charge in [0.2, 0.25) is 5.82 Å². The van der Waals surface area contributed by atoms with E-state index in [9.17, 15) is 20.8 Å². The molecule has 0 unspecified atom stereocenters. The van der Waals surface area contributed by atoms with E-state index < -0.39 is 22.2 Å². The van der Waals surface area contributed by atoms with Crippen LogP contribution in [0.15, 0.2) is 0 Å². The molecule has 0 bridgehead atoms. The average Bonchev–Trinajstić information content (AvgIpc) is 3.09. The first-order valence-electron chi connectivity index (χ1n) is 8.66. The van der Waals surface area contributed by atoms with Gasteiger partial charge in [0.25, 0.3) is 5.82 Å². The van der Waals surface area contributed by atoms with Crippen LogP contribution in [0.1, 0.15) is 67.0 Å². The molecule has 0 spiro atoms. The Hall–Kier alpha value is -2.40. The number of rotatable bonds is 2. The minimum absolute atomic E-state index is 0.0922. The molecular weight excluding hydrogens is 354 g/mol. The van der Waals surface area contributed by atoms with Crippen molar-refractivity contribution in [3.8, 4) is 0 Å². The van der Waals surface area contributed by atoms with Gasteiger partial charge in [0.05, 0.1) is 0 Å². The summed E-state index contributed by atoms with van der Waals surface area (Å²) in [6.45, 7) is 13.2. The molecule has 11 heteroatoms. The fraction of sp³-hybridized carbons (Fsp3) is 0.750. The Morgan fingerprint density at radius 1 is 0.815 bits per heavy atom. The van der Waals surface area contributed by atoms with Gasteiger partial charge < -0.3 is 10.4 Å². The maximum Gasteiger partial charge on any atom is 0.356 e. The first-order chi connectivity index (χ1) is 12.1. The van der Waals surface area contributed by atoms with Gasteiger partial charge in [-0.25, -0.2) is 0 Å². The Bertz CT molecular complexity index is 797. The van der Waals surface area contributed by atoms with E-state index in [0.717, 1.165) is 0 Å². The van der Waals surface area contributed by atoms with Gasteiger partial charge in [-0.1, -0.05) is 10.1 Å². The van der Waals surface area contributed by atoms with Gasteiger partial charge >= 0.3 is 11.7 Å². The Kier molecular flexibility index (Phi) is 3.66. The standard InChI is InChI=1S/C16H25N7O4/c1-13(2)14(3,4)21(25)11(20(13)24)9-17-10(19-18-9)12-22(26)15(5,6)16(7,8)23(12)27/h1-8H3,(H,17,18,19). The van der Waals surface area contributed by atoms with Gasteiger partial charge in [-0.3, -0.25) is 14.6 Å². The third-order valence-corrected chi connectivity index (χ3v) is 6.69. The highest BCUT2D eigenvalue weighted by Crippen LogP contribution is 2.38. The van der Waals surface area contributed by atoms with E-state index in [2.05, 4.69) is 15.2 Å².